The first-order chi connectivity index (χ1) is 6.20. The van der Waals surface area contributed by atoms with E-state index >= 15 is 0 Å². The number of nitrogen functional groups attached to an aromatic ring is 1. The van der Waals surface area contributed by atoms with Gasteiger partial charge >= 0.3 is 0 Å². The second kappa shape index (κ2) is 3.20. The van der Waals surface area contributed by atoms with Gasteiger partial charge in [0.05, 0.1) is 4.47 Å². The van der Waals surface area contributed by atoms with Crippen LogP contribution in [0.25, 0.3) is 11.5 Å². The SMILES string of the molecule is Nn1c(-c2nscc2Br)n[nH]c1=S. The number of nitrogens with two attached hydrogens (primary N) is 1. The third-order valence-electron chi connectivity index (χ3n) is 1.44. The van der Waals surface area contributed by atoms with Crippen LogP contribution in [0.15, 0.2) is 9.85 Å². The third-order valence-corrected chi connectivity index (χ3v) is 3.27. The fraction of sp³-hybridized carbons (Fsp3) is 0. The van der Waals surface area contributed by atoms with Gasteiger partial charge in [0.15, 0.2) is 0 Å². The van der Waals surface area contributed by atoms with E-state index in [-0.39, 0.29) is 0 Å². The van der Waals surface area contributed by atoms with E-state index in [2.05, 4.69) is 30.5 Å². The van der Waals surface area contributed by atoms with Gasteiger partial charge in [-0.1, -0.05) is 0 Å². The Morgan fingerprint density at radius 3 is 2.92 bits per heavy atom. The topological polar surface area (TPSA) is 72.5 Å². The second-order valence-electron chi connectivity index (χ2n) is 2.23. The van der Waals surface area contributed by atoms with Gasteiger partial charge in [0.1, 0.15) is 5.69 Å². The van der Waals surface area contributed by atoms with Gasteiger partial charge < -0.3 is 5.84 Å². The number of nitrogens with one attached hydrogen (secondary N) is 1. The molecule has 0 aliphatic carbocycles. The van der Waals surface area contributed by atoms with Crippen LogP contribution < -0.4 is 5.84 Å². The molecule has 2 rings (SSSR count). The van der Waals surface area contributed by atoms with Gasteiger partial charge in [0, 0.05) is 5.38 Å². The van der Waals surface area contributed by atoms with Crippen molar-refractivity contribution < 1.29 is 0 Å². The average molecular weight is 278 g/mol. The zero-order chi connectivity index (χ0) is 9.42. The fourth-order valence-corrected chi connectivity index (χ4v) is 2.15. The molecule has 68 valence electrons. The van der Waals surface area contributed by atoms with Crippen LogP contribution in [0.5, 0.6) is 0 Å². The Bertz CT molecular complexity index is 483. The lowest BCUT2D eigenvalue weighted by atomic mass is 10.4. The van der Waals surface area contributed by atoms with Crippen LogP contribution in [0.1, 0.15) is 0 Å². The highest BCUT2D eigenvalue weighted by molar-refractivity contribution is 9.10. The predicted molar refractivity (Wildman–Crippen MR) is 56.4 cm³/mol. The van der Waals surface area contributed by atoms with Gasteiger partial charge in [-0.25, -0.2) is 9.77 Å². The van der Waals surface area contributed by atoms with Crippen LogP contribution in [-0.2, 0) is 0 Å². The van der Waals surface area contributed by atoms with Crippen molar-refractivity contribution in [2.45, 2.75) is 0 Å². The highest BCUT2D eigenvalue weighted by Crippen LogP contribution is 2.25. The summed E-state index contributed by atoms with van der Waals surface area (Å²) in [6.45, 7) is 0. The maximum atomic E-state index is 5.63. The lowest BCUT2D eigenvalue weighted by molar-refractivity contribution is 0.980. The molecule has 2 aromatic rings. The summed E-state index contributed by atoms with van der Waals surface area (Å²) in [5.74, 6) is 6.15. The van der Waals surface area contributed by atoms with Gasteiger partial charge in [0.2, 0.25) is 10.6 Å². The van der Waals surface area contributed by atoms with Gasteiger partial charge in [-0.15, -0.1) is 0 Å². The maximum Gasteiger partial charge on any atom is 0.214 e. The number of hydrogen-bond acceptors (Lipinski definition) is 5. The van der Waals surface area contributed by atoms with Crippen molar-refractivity contribution in [3.05, 3.63) is 14.6 Å². The quantitative estimate of drug-likeness (QED) is 0.613. The van der Waals surface area contributed by atoms with Crippen LogP contribution in [0.4, 0.5) is 0 Å². The summed E-state index contributed by atoms with van der Waals surface area (Å²) in [4.78, 5) is 0. The largest absolute Gasteiger partial charge is 0.335 e. The van der Waals surface area contributed by atoms with Crippen LogP contribution >= 0.6 is 39.7 Å². The van der Waals surface area contributed by atoms with E-state index in [1.807, 2.05) is 5.38 Å². The molecule has 0 fully saturated rings. The van der Waals surface area contributed by atoms with Crippen LogP contribution in [0, 0.1) is 4.77 Å². The van der Waals surface area contributed by atoms with Crippen molar-refractivity contribution in [1.29, 1.82) is 0 Å². The number of hydrogen-bond donors (Lipinski definition) is 2. The lowest BCUT2D eigenvalue weighted by Crippen LogP contribution is -2.10. The Labute approximate surface area is 90.9 Å². The Hall–Kier alpha value is -0.730. The number of H-pyrrole nitrogens is 1. The van der Waals surface area contributed by atoms with Crippen molar-refractivity contribution in [2.24, 2.45) is 0 Å². The first-order valence-electron chi connectivity index (χ1n) is 3.23. The zero-order valence-electron chi connectivity index (χ0n) is 6.19. The Morgan fingerprint density at radius 2 is 2.46 bits per heavy atom. The molecule has 0 atom stereocenters. The fourth-order valence-electron chi connectivity index (χ4n) is 0.844. The molecule has 0 bridgehead atoms. The molecule has 8 heteroatoms. The molecular weight excluding hydrogens is 274 g/mol. The molecule has 0 saturated carbocycles. The molecule has 2 heterocycles. The summed E-state index contributed by atoms with van der Waals surface area (Å²) >= 11 is 9.53. The standard InChI is InChI=1S/C5H4BrN5S2/c6-2-1-13-10-3(2)4-8-9-5(12)11(4)7/h1H,7H2,(H,9,12). The van der Waals surface area contributed by atoms with E-state index in [0.717, 1.165) is 4.47 Å². The number of nitrogens with zero attached hydrogens (tertiary/aromatic N) is 3. The van der Waals surface area contributed by atoms with E-state index in [0.29, 0.717) is 16.3 Å². The summed E-state index contributed by atoms with van der Waals surface area (Å²) in [7, 11) is 0. The minimum Gasteiger partial charge on any atom is -0.335 e. The van der Waals surface area contributed by atoms with Gasteiger partial charge in [-0.3, -0.25) is 0 Å². The summed E-state index contributed by atoms with van der Waals surface area (Å²) in [5, 5.41) is 8.39. The number of rotatable bonds is 1. The van der Waals surface area contributed by atoms with Crippen LogP contribution in [-0.4, -0.2) is 19.2 Å². The molecule has 0 saturated heterocycles. The van der Waals surface area contributed by atoms with Crippen molar-refractivity contribution in [3.63, 3.8) is 0 Å². The van der Waals surface area contributed by atoms with E-state index in [1.165, 1.54) is 16.2 Å². The molecule has 13 heavy (non-hydrogen) atoms. The molecule has 2 aromatic heterocycles. The van der Waals surface area contributed by atoms with Crippen LogP contribution in [0.3, 0.4) is 0 Å². The van der Waals surface area contributed by atoms with E-state index in [9.17, 15) is 0 Å². The smallest absolute Gasteiger partial charge is 0.214 e. The molecule has 5 nitrogen and oxygen atoms in total. The van der Waals surface area contributed by atoms with Gasteiger partial charge in [-0.2, -0.15) is 9.47 Å². The van der Waals surface area contributed by atoms with Crippen molar-refractivity contribution in [1.82, 2.24) is 19.2 Å². The average Bonchev–Trinajstić information content (AvgIpc) is 2.62. The van der Waals surface area contributed by atoms with Crippen molar-refractivity contribution in [3.8, 4) is 11.5 Å². The summed E-state index contributed by atoms with van der Waals surface area (Å²) in [6, 6.07) is 0. The summed E-state index contributed by atoms with van der Waals surface area (Å²) < 4.78 is 6.64. The molecule has 0 radical (unpaired) electrons. The second-order valence-corrected chi connectivity index (χ2v) is 4.10. The molecule has 0 amide bonds. The Balaban J connectivity index is 2.65. The molecule has 0 unspecified atom stereocenters. The Morgan fingerprint density at radius 1 is 1.69 bits per heavy atom. The third kappa shape index (κ3) is 1.40. The van der Waals surface area contributed by atoms with Crippen molar-refractivity contribution in [2.75, 3.05) is 5.84 Å². The summed E-state index contributed by atoms with van der Waals surface area (Å²) in [5.41, 5.74) is 0.694. The monoisotopic (exact) mass is 277 g/mol. The van der Waals surface area contributed by atoms with Crippen LogP contribution in [0.2, 0.25) is 0 Å². The van der Waals surface area contributed by atoms with Crippen molar-refractivity contribution >= 4 is 39.7 Å². The minimum atomic E-state index is 0.370. The number of aromatic nitrogens is 4. The van der Waals surface area contributed by atoms with E-state index < -0.39 is 0 Å². The highest BCUT2D eigenvalue weighted by atomic mass is 79.9. The predicted octanol–water partition coefficient (Wildman–Crippen LogP) is 1.54. The molecule has 0 aromatic carbocycles. The normalized spacial score (nSPS) is 10.5. The first kappa shape index (κ1) is 8.85. The first-order valence-corrected chi connectivity index (χ1v) is 5.26. The van der Waals surface area contributed by atoms with E-state index in [4.69, 9.17) is 18.1 Å². The maximum absolute atomic E-state index is 5.63. The minimum absolute atomic E-state index is 0.370. The Kier molecular flexibility index (Phi) is 2.18. The molecule has 0 aliphatic heterocycles. The molecule has 0 spiro atoms. The number of aromatic amines is 1. The number of halogens is 1. The molecule has 3 N–H and O–H groups in total. The van der Waals surface area contributed by atoms with Gasteiger partial charge in [-0.05, 0) is 39.7 Å². The molecular formula is C5H4BrN5S2. The molecule has 0 aliphatic rings. The highest BCUT2D eigenvalue weighted by Gasteiger charge is 2.12. The van der Waals surface area contributed by atoms with Gasteiger partial charge in [0.25, 0.3) is 0 Å². The zero-order valence-corrected chi connectivity index (χ0v) is 9.41. The van der Waals surface area contributed by atoms with E-state index in [1.54, 1.807) is 0 Å². The summed E-state index contributed by atoms with van der Waals surface area (Å²) in [6.07, 6.45) is 0. The lowest BCUT2D eigenvalue weighted by Gasteiger charge is -1.95.